The van der Waals surface area contributed by atoms with Gasteiger partial charge in [-0.1, -0.05) is 17.7 Å². The van der Waals surface area contributed by atoms with Crippen LogP contribution in [-0.4, -0.2) is 58.0 Å². The maximum Gasteiger partial charge on any atom is 0.251 e. The smallest absolute Gasteiger partial charge is 0.251 e. The van der Waals surface area contributed by atoms with Crippen LogP contribution in [0.3, 0.4) is 0 Å². The Morgan fingerprint density at radius 3 is 2.88 bits per heavy atom. The number of aromatic amines is 1. The quantitative estimate of drug-likeness (QED) is 0.345. The van der Waals surface area contributed by atoms with Crippen molar-refractivity contribution in [3.05, 3.63) is 35.2 Å². The van der Waals surface area contributed by atoms with Gasteiger partial charge in [0.05, 0.1) is 5.92 Å². The van der Waals surface area contributed by atoms with E-state index in [1.54, 1.807) is 12.1 Å². The molecule has 0 spiro atoms. The molecule has 1 aromatic heterocycles. The van der Waals surface area contributed by atoms with E-state index in [0.29, 0.717) is 55.8 Å². The van der Waals surface area contributed by atoms with Crippen molar-refractivity contribution in [2.75, 3.05) is 25.0 Å². The number of hydrogen-bond donors (Lipinski definition) is 5. The molecule has 4 rings (SSSR count). The van der Waals surface area contributed by atoms with Gasteiger partial charge in [-0.3, -0.25) is 14.4 Å². The number of carbonyl (C=O) groups is 3. The number of nitrogens with one attached hydrogen (secondary N) is 4. The third-order valence-electron chi connectivity index (χ3n) is 6.79. The molecule has 182 valence electrons. The second-order valence-corrected chi connectivity index (χ2v) is 9.07. The largest absolute Gasteiger partial charge is 0.356 e. The summed E-state index contributed by atoms with van der Waals surface area (Å²) in [5.74, 6) is 0.348. The van der Waals surface area contributed by atoms with E-state index in [9.17, 15) is 14.4 Å². The number of rotatable bonds is 10. The number of anilines is 1. The number of carbonyl (C=O) groups excluding carboxylic acids is 3. The number of amides is 3. The Balaban J connectivity index is 1.32. The third kappa shape index (κ3) is 5.77. The summed E-state index contributed by atoms with van der Waals surface area (Å²) in [6, 6.07) is 5.30. The average Bonchev–Trinajstić information content (AvgIpc) is 3.53. The Kier molecular flexibility index (Phi) is 7.84. The van der Waals surface area contributed by atoms with E-state index in [4.69, 9.17) is 5.73 Å². The van der Waals surface area contributed by atoms with E-state index in [2.05, 4.69) is 36.6 Å². The fourth-order valence-corrected chi connectivity index (χ4v) is 4.84. The molecule has 1 fully saturated rings. The number of H-pyrrole nitrogens is 1. The van der Waals surface area contributed by atoms with Gasteiger partial charge in [0.2, 0.25) is 11.8 Å². The highest BCUT2D eigenvalue weighted by Gasteiger charge is 2.32. The molecule has 6 N–H and O–H groups in total. The summed E-state index contributed by atoms with van der Waals surface area (Å²) in [5.41, 5.74) is 7.81. The number of nitrogens with zero attached hydrogens (tertiary/aromatic N) is 3. The number of hydrogen-bond acceptors (Lipinski definition) is 7. The lowest BCUT2D eigenvalue weighted by Crippen LogP contribution is -2.41. The van der Waals surface area contributed by atoms with Crippen molar-refractivity contribution in [3.63, 3.8) is 0 Å². The summed E-state index contributed by atoms with van der Waals surface area (Å²) in [6.07, 6.45) is 5.43. The number of nitrogens with two attached hydrogens (primary N) is 1. The number of benzene rings is 1. The van der Waals surface area contributed by atoms with Crippen LogP contribution in [0.2, 0.25) is 0 Å². The van der Waals surface area contributed by atoms with Crippen LogP contribution in [0.5, 0.6) is 0 Å². The lowest BCUT2D eigenvalue weighted by molar-refractivity contribution is -0.125. The fraction of sp³-hybridized carbons (Fsp3) is 0.565. The molecule has 3 amide bonds. The molecule has 11 heteroatoms. The first-order valence-corrected chi connectivity index (χ1v) is 12.0. The van der Waals surface area contributed by atoms with Crippen LogP contribution >= 0.6 is 0 Å². The van der Waals surface area contributed by atoms with Gasteiger partial charge in [0.15, 0.2) is 5.82 Å². The molecule has 2 heterocycles. The minimum atomic E-state index is -0.380. The van der Waals surface area contributed by atoms with Crippen LogP contribution in [0.4, 0.5) is 5.69 Å². The van der Waals surface area contributed by atoms with E-state index in [0.717, 1.165) is 24.8 Å². The highest BCUT2D eigenvalue weighted by atomic mass is 16.2. The molecular formula is C23H32N8O3. The van der Waals surface area contributed by atoms with Gasteiger partial charge < -0.3 is 21.7 Å². The number of fused-ring (bicyclic) bond motifs is 1. The van der Waals surface area contributed by atoms with Crippen LogP contribution in [-0.2, 0) is 16.0 Å². The van der Waals surface area contributed by atoms with Crippen molar-refractivity contribution in [2.45, 2.75) is 50.9 Å². The van der Waals surface area contributed by atoms with E-state index in [1.807, 2.05) is 6.07 Å². The lowest BCUT2D eigenvalue weighted by atomic mass is 9.94. The molecule has 1 aromatic carbocycles. The normalized spacial score (nSPS) is 20.3. The van der Waals surface area contributed by atoms with Crippen LogP contribution < -0.4 is 21.7 Å². The Morgan fingerprint density at radius 1 is 1.21 bits per heavy atom. The molecule has 0 bridgehead atoms. The summed E-state index contributed by atoms with van der Waals surface area (Å²) < 4.78 is 0. The van der Waals surface area contributed by atoms with Crippen molar-refractivity contribution in [3.8, 4) is 0 Å². The summed E-state index contributed by atoms with van der Waals surface area (Å²) in [6.45, 7) is 1.23. The minimum Gasteiger partial charge on any atom is -0.356 e. The van der Waals surface area contributed by atoms with Gasteiger partial charge >= 0.3 is 0 Å². The number of aryl methyl sites for hydroxylation is 1. The van der Waals surface area contributed by atoms with E-state index >= 15 is 0 Å². The lowest BCUT2D eigenvalue weighted by Gasteiger charge is -2.21. The molecule has 1 saturated carbocycles. The van der Waals surface area contributed by atoms with Gasteiger partial charge in [0.1, 0.15) is 0 Å². The Hall–Kier alpha value is -3.34. The zero-order chi connectivity index (χ0) is 23.9. The molecule has 0 saturated heterocycles. The molecule has 3 atom stereocenters. The Morgan fingerprint density at radius 2 is 2.09 bits per heavy atom. The zero-order valence-electron chi connectivity index (χ0n) is 19.2. The predicted molar refractivity (Wildman–Crippen MR) is 125 cm³/mol. The summed E-state index contributed by atoms with van der Waals surface area (Å²) >= 11 is 0. The molecule has 1 aliphatic carbocycles. The molecule has 34 heavy (non-hydrogen) atoms. The summed E-state index contributed by atoms with van der Waals surface area (Å²) in [4.78, 5) is 37.4. The molecule has 2 aromatic rings. The van der Waals surface area contributed by atoms with Gasteiger partial charge in [-0.25, -0.2) is 0 Å². The van der Waals surface area contributed by atoms with Gasteiger partial charge in [0, 0.05) is 36.7 Å². The molecule has 1 aliphatic heterocycles. The van der Waals surface area contributed by atoms with Crippen LogP contribution in [0.25, 0.3) is 0 Å². The van der Waals surface area contributed by atoms with E-state index < -0.39 is 0 Å². The first kappa shape index (κ1) is 23.8. The first-order valence-electron chi connectivity index (χ1n) is 12.0. The van der Waals surface area contributed by atoms with Crippen molar-refractivity contribution in [1.82, 2.24) is 31.3 Å². The van der Waals surface area contributed by atoms with E-state index in [1.165, 1.54) is 0 Å². The van der Waals surface area contributed by atoms with Crippen LogP contribution in [0.15, 0.2) is 18.2 Å². The standard InChI is InChI=1S/C23H32N8O3/c24-10-2-4-17(23(34)25-12-16-3-1-5-18(16)21-28-30-31-29-21)13-26-22(33)15-7-6-14-8-9-20(32)27-19(14)11-15/h6-7,11,16-18H,1-5,8-10,12-13,24H2,(H,25,34)(H,26,33)(H,27,32)(H,28,29,30,31)/t16-,17?,18-/m1/s1. The third-order valence-corrected chi connectivity index (χ3v) is 6.79. The fourth-order valence-electron chi connectivity index (χ4n) is 4.84. The van der Waals surface area contributed by atoms with Crippen molar-refractivity contribution >= 4 is 23.4 Å². The second-order valence-electron chi connectivity index (χ2n) is 9.07. The zero-order valence-corrected chi connectivity index (χ0v) is 19.2. The van der Waals surface area contributed by atoms with Gasteiger partial charge in [-0.05, 0) is 62.3 Å². The van der Waals surface area contributed by atoms with Gasteiger partial charge in [0.25, 0.3) is 5.91 Å². The average molecular weight is 469 g/mol. The monoisotopic (exact) mass is 468 g/mol. The Bertz CT molecular complexity index is 1010. The molecule has 2 aliphatic rings. The SMILES string of the molecule is NCCCC(CNC(=O)c1ccc2c(c1)NC(=O)CC2)C(=O)NC[C@H]1CCC[C@H]1c1nn[nH]n1. The van der Waals surface area contributed by atoms with Gasteiger partial charge in [-0.15, -0.1) is 10.2 Å². The molecule has 11 nitrogen and oxygen atoms in total. The van der Waals surface area contributed by atoms with Crippen molar-refractivity contribution < 1.29 is 14.4 Å². The maximum absolute atomic E-state index is 13.0. The predicted octanol–water partition coefficient (Wildman–Crippen LogP) is 0.869. The first-order chi connectivity index (χ1) is 16.5. The van der Waals surface area contributed by atoms with E-state index in [-0.39, 0.29) is 42.0 Å². The van der Waals surface area contributed by atoms with Gasteiger partial charge in [-0.2, -0.15) is 5.21 Å². The molecule has 0 radical (unpaired) electrons. The summed E-state index contributed by atoms with van der Waals surface area (Å²) in [7, 11) is 0. The molecular weight excluding hydrogens is 436 g/mol. The highest BCUT2D eigenvalue weighted by Crippen LogP contribution is 2.37. The highest BCUT2D eigenvalue weighted by molar-refractivity contribution is 5.99. The molecule has 1 unspecified atom stereocenters. The minimum absolute atomic E-state index is 0.0487. The van der Waals surface area contributed by atoms with Crippen molar-refractivity contribution in [1.29, 1.82) is 0 Å². The second kappa shape index (κ2) is 11.2. The van der Waals surface area contributed by atoms with Crippen LogP contribution in [0.1, 0.15) is 66.2 Å². The number of aromatic nitrogens is 4. The van der Waals surface area contributed by atoms with Crippen LogP contribution in [0, 0.1) is 11.8 Å². The Labute approximate surface area is 198 Å². The topological polar surface area (TPSA) is 168 Å². The maximum atomic E-state index is 13.0. The summed E-state index contributed by atoms with van der Waals surface area (Å²) in [5, 5.41) is 23.2. The van der Waals surface area contributed by atoms with Crippen molar-refractivity contribution in [2.24, 2.45) is 17.6 Å². The number of tetrazole rings is 1.